The Morgan fingerprint density at radius 1 is 1.33 bits per heavy atom. The summed E-state index contributed by atoms with van der Waals surface area (Å²) in [5, 5.41) is 19.5. The summed E-state index contributed by atoms with van der Waals surface area (Å²) in [7, 11) is 1.11. The Bertz CT molecular complexity index is 1540. The SMILES string of the molecule is COC(=O)c1cc(C(=O)O)nc2c(C(N)=O)nnn12.O=c1[nH]c(-c2ccc3c(c2)CC[C@@H]3NCl)no1. The van der Waals surface area contributed by atoms with Gasteiger partial charge in [0.25, 0.3) is 5.91 Å². The first-order valence-electron chi connectivity index (χ1n) is 10.2. The molecule has 1 atom stereocenters. The summed E-state index contributed by atoms with van der Waals surface area (Å²) in [4.78, 5) is 53.4. The van der Waals surface area contributed by atoms with Gasteiger partial charge in [-0.2, -0.15) is 4.52 Å². The summed E-state index contributed by atoms with van der Waals surface area (Å²) in [6.45, 7) is 0. The summed E-state index contributed by atoms with van der Waals surface area (Å²) in [6.07, 6.45) is 1.95. The lowest BCUT2D eigenvalue weighted by Gasteiger charge is -2.08. The molecule has 0 unspecified atom stereocenters. The lowest BCUT2D eigenvalue weighted by atomic mass is 10.0. The van der Waals surface area contributed by atoms with Crippen LogP contribution >= 0.6 is 11.8 Å². The van der Waals surface area contributed by atoms with E-state index in [0.717, 1.165) is 36.1 Å². The number of nitrogens with two attached hydrogens (primary N) is 1. The van der Waals surface area contributed by atoms with E-state index < -0.39 is 29.3 Å². The highest BCUT2D eigenvalue weighted by molar-refractivity contribution is 6.13. The molecule has 15 nitrogen and oxygen atoms in total. The number of H-pyrrole nitrogens is 1. The third kappa shape index (κ3) is 4.64. The molecule has 1 aromatic carbocycles. The number of aromatic amines is 1. The van der Waals surface area contributed by atoms with Gasteiger partial charge in [-0.1, -0.05) is 22.5 Å². The topological polar surface area (TPSA) is 221 Å². The maximum Gasteiger partial charge on any atom is 0.439 e. The van der Waals surface area contributed by atoms with Gasteiger partial charge in [-0.25, -0.2) is 24.2 Å². The molecule has 5 rings (SSSR count). The van der Waals surface area contributed by atoms with Crippen molar-refractivity contribution >= 4 is 35.3 Å². The van der Waals surface area contributed by atoms with Gasteiger partial charge in [0.1, 0.15) is 0 Å². The fraction of sp³-hybridized carbons (Fsp3) is 0.200. The highest BCUT2D eigenvalue weighted by Gasteiger charge is 2.23. The number of aromatic carboxylic acids is 1. The number of primary amides is 1. The number of hydrogen-bond acceptors (Lipinski definition) is 11. The number of carbonyl (C=O) groups is 3. The number of hydrogen-bond donors (Lipinski definition) is 4. The second kappa shape index (κ2) is 9.93. The summed E-state index contributed by atoms with van der Waals surface area (Å²) in [5.41, 5.74) is 7.07. The fourth-order valence-corrected chi connectivity index (χ4v) is 3.85. The number of benzene rings is 1. The zero-order valence-electron chi connectivity index (χ0n) is 18.4. The first-order chi connectivity index (χ1) is 17.2. The second-order valence-corrected chi connectivity index (χ2v) is 7.64. The molecule has 186 valence electrons. The number of amides is 1. The van der Waals surface area contributed by atoms with Gasteiger partial charge >= 0.3 is 17.7 Å². The van der Waals surface area contributed by atoms with Gasteiger partial charge in [-0.3, -0.25) is 14.3 Å². The zero-order chi connectivity index (χ0) is 26.0. The average molecular weight is 517 g/mol. The number of ether oxygens (including phenoxy) is 1. The molecular weight excluding hydrogens is 500 g/mol. The summed E-state index contributed by atoms with van der Waals surface area (Å²) >= 11 is 5.67. The molecule has 0 spiro atoms. The van der Waals surface area contributed by atoms with Crippen LogP contribution < -0.4 is 16.3 Å². The van der Waals surface area contributed by atoms with Crippen molar-refractivity contribution in [1.29, 1.82) is 0 Å². The van der Waals surface area contributed by atoms with Gasteiger partial charge in [0.2, 0.25) is 0 Å². The minimum atomic E-state index is -1.38. The molecule has 3 aromatic heterocycles. The lowest BCUT2D eigenvalue weighted by Crippen LogP contribution is -2.16. The predicted octanol–water partition coefficient (Wildman–Crippen LogP) is 0.469. The van der Waals surface area contributed by atoms with Crippen LogP contribution in [0.4, 0.5) is 0 Å². The van der Waals surface area contributed by atoms with E-state index in [2.05, 4.69) is 39.5 Å². The Hall–Kier alpha value is -4.63. The molecule has 0 bridgehead atoms. The van der Waals surface area contributed by atoms with Crippen LogP contribution in [0.2, 0.25) is 0 Å². The molecule has 0 fully saturated rings. The van der Waals surface area contributed by atoms with E-state index in [4.69, 9.17) is 22.6 Å². The summed E-state index contributed by atoms with van der Waals surface area (Å²) in [5.74, 6) is -3.26. The first kappa shape index (κ1) is 24.5. The van der Waals surface area contributed by atoms with Crippen LogP contribution in [0.15, 0.2) is 33.6 Å². The number of nitrogens with zero attached hydrogens (tertiary/aromatic N) is 5. The third-order valence-corrected chi connectivity index (χ3v) is 5.55. The maximum atomic E-state index is 11.5. The second-order valence-electron chi connectivity index (χ2n) is 7.42. The van der Waals surface area contributed by atoms with Crippen LogP contribution in [-0.4, -0.2) is 60.0 Å². The van der Waals surface area contributed by atoms with Gasteiger partial charge in [0.05, 0.1) is 7.11 Å². The molecule has 1 aliphatic carbocycles. The van der Waals surface area contributed by atoms with Gasteiger partial charge in [0.15, 0.2) is 28.6 Å². The molecule has 0 saturated heterocycles. The quantitative estimate of drug-likeness (QED) is 0.210. The molecule has 0 saturated carbocycles. The van der Waals surface area contributed by atoms with E-state index in [1.165, 1.54) is 11.1 Å². The molecule has 5 N–H and O–H groups in total. The minimum absolute atomic E-state index is 0.206. The Balaban J connectivity index is 0.000000170. The van der Waals surface area contributed by atoms with Crippen molar-refractivity contribution in [3.05, 3.63) is 63.0 Å². The first-order valence-corrected chi connectivity index (χ1v) is 10.5. The van der Waals surface area contributed by atoms with Crippen LogP contribution in [0.3, 0.4) is 0 Å². The number of fused-ring (bicyclic) bond motifs is 2. The van der Waals surface area contributed by atoms with Crippen LogP contribution in [-0.2, 0) is 11.2 Å². The summed E-state index contributed by atoms with van der Waals surface area (Å²) in [6, 6.07) is 7.08. The van der Waals surface area contributed by atoms with E-state index in [0.29, 0.717) is 5.82 Å². The van der Waals surface area contributed by atoms with Gasteiger partial charge < -0.3 is 15.6 Å². The highest BCUT2D eigenvalue weighted by atomic mass is 35.5. The largest absolute Gasteiger partial charge is 0.477 e. The number of halogens is 1. The van der Waals surface area contributed by atoms with E-state index in [1.807, 2.05) is 18.2 Å². The summed E-state index contributed by atoms with van der Waals surface area (Å²) < 4.78 is 9.86. The van der Waals surface area contributed by atoms with Crippen molar-refractivity contribution in [2.45, 2.75) is 18.9 Å². The number of esters is 1. The van der Waals surface area contributed by atoms with Crippen molar-refractivity contribution in [3.8, 4) is 11.4 Å². The minimum Gasteiger partial charge on any atom is -0.477 e. The molecule has 16 heteroatoms. The molecule has 0 radical (unpaired) electrons. The Morgan fingerprint density at radius 3 is 2.72 bits per heavy atom. The molecule has 1 aliphatic rings. The van der Waals surface area contributed by atoms with E-state index in [9.17, 15) is 19.2 Å². The molecule has 3 heterocycles. The predicted molar refractivity (Wildman–Crippen MR) is 120 cm³/mol. The number of nitrogens with one attached hydrogen (secondary N) is 2. The number of carboxylic acid groups (broad SMARTS) is 1. The fourth-order valence-electron chi connectivity index (χ4n) is 3.63. The van der Waals surface area contributed by atoms with E-state index >= 15 is 0 Å². The van der Waals surface area contributed by atoms with E-state index in [1.54, 1.807) is 0 Å². The van der Waals surface area contributed by atoms with Gasteiger partial charge in [-0.05, 0) is 41.8 Å². The van der Waals surface area contributed by atoms with Crippen molar-refractivity contribution in [2.24, 2.45) is 5.73 Å². The van der Waals surface area contributed by atoms with Crippen molar-refractivity contribution in [3.63, 3.8) is 0 Å². The molecular formula is C20H17ClN8O7. The highest BCUT2D eigenvalue weighted by Crippen LogP contribution is 2.33. The third-order valence-electron chi connectivity index (χ3n) is 5.29. The van der Waals surface area contributed by atoms with Crippen LogP contribution in [0.25, 0.3) is 17.0 Å². The Morgan fingerprint density at radius 2 is 2.11 bits per heavy atom. The maximum absolute atomic E-state index is 11.5. The van der Waals surface area contributed by atoms with Crippen molar-refractivity contribution in [1.82, 2.24) is 34.8 Å². The van der Waals surface area contributed by atoms with E-state index in [-0.39, 0.29) is 23.1 Å². The average Bonchev–Trinajstić information content (AvgIpc) is 3.60. The van der Waals surface area contributed by atoms with Gasteiger partial charge in [0, 0.05) is 17.7 Å². The molecule has 36 heavy (non-hydrogen) atoms. The van der Waals surface area contributed by atoms with Crippen molar-refractivity contribution < 1.29 is 28.8 Å². The monoisotopic (exact) mass is 516 g/mol. The van der Waals surface area contributed by atoms with Crippen LogP contribution in [0.5, 0.6) is 0 Å². The normalized spacial score (nSPS) is 14.1. The standard InChI is InChI=1S/C11H10ClN3O2.C9H7N5O5/c12-14-9-4-2-6-5-7(1-3-8(6)9)10-13-11(16)17-15-10;1-19-9(18)4-2-3(8(16)17)11-7-5(6(10)15)12-13-14(4)7/h1,3,5,9,14H,2,4H2,(H,13,15,16);2H,1H3,(H2,10,15)(H,16,17)/t9-;/m0./s1. The molecule has 4 aromatic rings. The number of rotatable bonds is 5. The molecule has 1 amide bonds. The van der Waals surface area contributed by atoms with Crippen LogP contribution in [0.1, 0.15) is 55.1 Å². The number of aryl methyl sites for hydroxylation is 1. The lowest BCUT2D eigenvalue weighted by molar-refractivity contribution is 0.0590. The smallest absolute Gasteiger partial charge is 0.439 e. The van der Waals surface area contributed by atoms with Crippen LogP contribution in [0, 0.1) is 0 Å². The number of carboxylic acids is 1. The Kier molecular flexibility index (Phi) is 6.75. The number of methoxy groups -OCH3 is 1. The number of aromatic nitrogens is 6. The zero-order valence-corrected chi connectivity index (χ0v) is 19.1. The number of carbonyl (C=O) groups excluding carboxylic acids is 2. The Labute approximate surface area is 205 Å². The molecule has 0 aliphatic heterocycles. The van der Waals surface area contributed by atoms with Crippen molar-refractivity contribution in [2.75, 3.05) is 7.11 Å². The van der Waals surface area contributed by atoms with Gasteiger partial charge in [-0.15, -0.1) is 5.10 Å².